The van der Waals surface area contributed by atoms with Gasteiger partial charge in [-0.3, -0.25) is 4.79 Å². The molecule has 6 nitrogen and oxygen atoms in total. The van der Waals surface area contributed by atoms with Gasteiger partial charge in [-0.05, 0) is 41.6 Å². The Kier molecular flexibility index (Phi) is 4.93. The number of hydrogen-bond acceptors (Lipinski definition) is 2. The highest BCUT2D eigenvalue weighted by Gasteiger charge is 2.24. The second kappa shape index (κ2) is 7.31. The molecule has 0 aliphatic rings. The van der Waals surface area contributed by atoms with Crippen molar-refractivity contribution >= 4 is 28.5 Å². The molecule has 0 aliphatic heterocycles. The van der Waals surface area contributed by atoms with Crippen LogP contribution < -0.4 is 10.6 Å². The fourth-order valence-corrected chi connectivity index (χ4v) is 2.83. The number of carbonyl (C=O) groups excluding carboxylic acids is 2. The van der Waals surface area contributed by atoms with Gasteiger partial charge in [-0.2, -0.15) is 0 Å². The molecule has 2 aromatic carbocycles. The predicted molar refractivity (Wildman–Crippen MR) is 103 cm³/mol. The van der Waals surface area contributed by atoms with E-state index >= 15 is 0 Å². The summed E-state index contributed by atoms with van der Waals surface area (Å²) in [6.07, 6.45) is 1.86. The Labute approximate surface area is 152 Å². The average Bonchev–Trinajstić information content (AvgIpc) is 3.07. The van der Waals surface area contributed by atoms with Crippen LogP contribution in [0.2, 0.25) is 0 Å². The monoisotopic (exact) mass is 350 g/mol. The smallest absolute Gasteiger partial charge is 0.320 e. The van der Waals surface area contributed by atoms with Gasteiger partial charge in [-0.25, -0.2) is 4.79 Å². The summed E-state index contributed by atoms with van der Waals surface area (Å²) in [4.78, 5) is 29.7. The van der Waals surface area contributed by atoms with Gasteiger partial charge in [0, 0.05) is 31.5 Å². The van der Waals surface area contributed by atoms with Crippen LogP contribution in [-0.4, -0.2) is 35.9 Å². The summed E-state index contributed by atoms with van der Waals surface area (Å²) >= 11 is 0. The average molecular weight is 350 g/mol. The number of nitrogens with one attached hydrogen (secondary N) is 3. The number of rotatable bonds is 4. The van der Waals surface area contributed by atoms with Gasteiger partial charge in [0.2, 0.25) is 5.91 Å². The minimum Gasteiger partial charge on any atom is -0.361 e. The lowest BCUT2D eigenvalue weighted by molar-refractivity contribution is -0.130. The maximum Gasteiger partial charge on any atom is 0.320 e. The summed E-state index contributed by atoms with van der Waals surface area (Å²) in [5, 5.41) is 6.71. The Bertz CT molecular complexity index is 931. The molecule has 6 heteroatoms. The van der Waals surface area contributed by atoms with E-state index in [1.807, 2.05) is 61.7 Å². The van der Waals surface area contributed by atoms with Crippen molar-refractivity contribution in [3.05, 3.63) is 65.9 Å². The first-order chi connectivity index (χ1) is 12.5. The summed E-state index contributed by atoms with van der Waals surface area (Å²) in [6.45, 7) is 1.93. The van der Waals surface area contributed by atoms with Crippen molar-refractivity contribution in [3.63, 3.8) is 0 Å². The second-order valence-electron chi connectivity index (χ2n) is 6.41. The molecule has 0 spiro atoms. The molecule has 3 amide bonds. The van der Waals surface area contributed by atoms with Crippen LogP contribution in [0.3, 0.4) is 0 Å². The molecule has 26 heavy (non-hydrogen) atoms. The largest absolute Gasteiger partial charge is 0.361 e. The highest BCUT2D eigenvalue weighted by Crippen LogP contribution is 2.23. The molecule has 0 saturated heterocycles. The number of nitrogens with zero attached hydrogens (tertiary/aromatic N) is 1. The minimum absolute atomic E-state index is 0.192. The van der Waals surface area contributed by atoms with E-state index in [1.165, 1.54) is 4.90 Å². The fraction of sp³-hybridized carbons (Fsp3) is 0.200. The van der Waals surface area contributed by atoms with Crippen molar-refractivity contribution in [2.75, 3.05) is 19.4 Å². The lowest BCUT2D eigenvalue weighted by Crippen LogP contribution is -2.41. The van der Waals surface area contributed by atoms with Crippen LogP contribution in [0.5, 0.6) is 0 Å². The van der Waals surface area contributed by atoms with Gasteiger partial charge < -0.3 is 20.5 Å². The molecule has 3 aromatic rings. The summed E-state index contributed by atoms with van der Waals surface area (Å²) in [5.41, 5.74) is 3.32. The molecular formula is C20H22N4O2. The molecule has 0 bridgehead atoms. The zero-order chi connectivity index (χ0) is 18.7. The number of amides is 3. The van der Waals surface area contributed by atoms with E-state index in [-0.39, 0.29) is 5.91 Å². The van der Waals surface area contributed by atoms with E-state index in [9.17, 15) is 9.59 Å². The van der Waals surface area contributed by atoms with E-state index in [4.69, 9.17) is 0 Å². The van der Waals surface area contributed by atoms with Gasteiger partial charge in [-0.15, -0.1) is 0 Å². The molecule has 134 valence electrons. The number of aromatic amines is 1. The molecule has 1 unspecified atom stereocenters. The van der Waals surface area contributed by atoms with Crippen LogP contribution in [0.1, 0.15) is 17.2 Å². The van der Waals surface area contributed by atoms with E-state index in [1.54, 1.807) is 14.1 Å². The van der Waals surface area contributed by atoms with Gasteiger partial charge in [0.05, 0.1) is 0 Å². The molecule has 1 aromatic heterocycles. The van der Waals surface area contributed by atoms with Crippen molar-refractivity contribution < 1.29 is 9.59 Å². The number of H-pyrrole nitrogens is 1. The minimum atomic E-state index is -0.749. The number of aromatic nitrogens is 1. The van der Waals surface area contributed by atoms with E-state index in [2.05, 4.69) is 15.6 Å². The molecule has 0 aliphatic carbocycles. The van der Waals surface area contributed by atoms with Gasteiger partial charge in [-0.1, -0.05) is 30.3 Å². The Hall–Kier alpha value is -3.28. The zero-order valence-corrected chi connectivity index (χ0v) is 15.0. The van der Waals surface area contributed by atoms with Crippen LogP contribution >= 0.6 is 0 Å². The van der Waals surface area contributed by atoms with Crippen LogP contribution in [0, 0.1) is 6.92 Å². The second-order valence-corrected chi connectivity index (χ2v) is 6.41. The maximum absolute atomic E-state index is 12.5. The van der Waals surface area contributed by atoms with Crippen LogP contribution in [0.25, 0.3) is 10.9 Å². The summed E-state index contributed by atoms with van der Waals surface area (Å²) in [7, 11) is 3.34. The molecule has 0 radical (unpaired) electrons. The Morgan fingerprint density at radius 1 is 1.08 bits per heavy atom. The summed E-state index contributed by atoms with van der Waals surface area (Å²) < 4.78 is 0. The summed E-state index contributed by atoms with van der Waals surface area (Å²) in [6, 6.07) is 13.9. The van der Waals surface area contributed by atoms with Crippen LogP contribution in [-0.2, 0) is 4.79 Å². The third-order valence-corrected chi connectivity index (χ3v) is 4.24. The molecule has 1 atom stereocenters. The highest BCUT2D eigenvalue weighted by atomic mass is 16.2. The summed E-state index contributed by atoms with van der Waals surface area (Å²) in [5.74, 6) is -0.192. The number of benzene rings is 2. The number of aryl methyl sites for hydroxylation is 1. The third-order valence-electron chi connectivity index (χ3n) is 4.24. The molecule has 3 rings (SSSR count). The SMILES string of the molecule is Cc1cc2cc[nH]c2cc1NC(=O)NC(C(=O)N(C)C)c1ccccc1. The Morgan fingerprint density at radius 2 is 1.81 bits per heavy atom. The van der Waals surface area contributed by atoms with Crippen molar-refractivity contribution in [1.82, 2.24) is 15.2 Å². The number of likely N-dealkylation sites (N-methyl/N-ethyl adjacent to an activating group) is 1. The van der Waals surface area contributed by atoms with Crippen LogP contribution in [0.15, 0.2) is 54.7 Å². The first-order valence-corrected chi connectivity index (χ1v) is 8.37. The lowest BCUT2D eigenvalue weighted by Gasteiger charge is -2.22. The van der Waals surface area contributed by atoms with Gasteiger partial charge in [0.25, 0.3) is 0 Å². The quantitative estimate of drug-likeness (QED) is 0.674. The van der Waals surface area contributed by atoms with Crippen molar-refractivity contribution in [1.29, 1.82) is 0 Å². The number of fused-ring (bicyclic) bond motifs is 1. The molecule has 0 fully saturated rings. The number of anilines is 1. The normalized spacial score (nSPS) is 11.8. The van der Waals surface area contributed by atoms with E-state index in [0.29, 0.717) is 5.69 Å². The van der Waals surface area contributed by atoms with Crippen LogP contribution in [0.4, 0.5) is 10.5 Å². The van der Waals surface area contributed by atoms with Crippen molar-refractivity contribution in [3.8, 4) is 0 Å². The van der Waals surface area contributed by atoms with E-state index < -0.39 is 12.1 Å². The van der Waals surface area contributed by atoms with Gasteiger partial charge in [0.1, 0.15) is 6.04 Å². The Morgan fingerprint density at radius 3 is 2.50 bits per heavy atom. The van der Waals surface area contributed by atoms with Crippen molar-refractivity contribution in [2.45, 2.75) is 13.0 Å². The standard InChI is InChI=1S/C20H22N4O2/c1-13-11-15-9-10-21-17(15)12-16(13)22-20(26)23-18(19(25)24(2)3)14-7-5-4-6-8-14/h4-12,18,21H,1-3H3,(H2,22,23,26). The third kappa shape index (κ3) is 3.69. The van der Waals surface area contributed by atoms with Gasteiger partial charge in [0.15, 0.2) is 0 Å². The van der Waals surface area contributed by atoms with E-state index in [0.717, 1.165) is 22.0 Å². The van der Waals surface area contributed by atoms with Crippen molar-refractivity contribution in [2.24, 2.45) is 0 Å². The number of hydrogen-bond donors (Lipinski definition) is 3. The zero-order valence-electron chi connectivity index (χ0n) is 15.0. The number of carbonyl (C=O) groups is 2. The molecule has 3 N–H and O–H groups in total. The first kappa shape index (κ1) is 17.5. The Balaban J connectivity index is 1.81. The molecule has 0 saturated carbocycles. The molecule has 1 heterocycles. The molecular weight excluding hydrogens is 328 g/mol. The topological polar surface area (TPSA) is 77.2 Å². The maximum atomic E-state index is 12.5. The highest BCUT2D eigenvalue weighted by molar-refractivity contribution is 5.96. The lowest BCUT2D eigenvalue weighted by atomic mass is 10.1. The number of urea groups is 1. The predicted octanol–water partition coefficient (Wildman–Crippen LogP) is 3.43. The first-order valence-electron chi connectivity index (χ1n) is 8.37. The van der Waals surface area contributed by atoms with Gasteiger partial charge >= 0.3 is 6.03 Å². The fourth-order valence-electron chi connectivity index (χ4n) is 2.83.